The molecule has 0 aliphatic heterocycles. The van der Waals surface area contributed by atoms with Gasteiger partial charge in [0.15, 0.2) is 5.96 Å². The molecule has 0 rings (SSSR count). The molecule has 0 radical (unpaired) electrons. The second-order valence-corrected chi connectivity index (χ2v) is 7.92. The summed E-state index contributed by atoms with van der Waals surface area (Å²) >= 11 is 0. The Bertz CT molecular complexity index is 738. The molecule has 0 fully saturated rings. The molecule has 0 aromatic heterocycles. The number of primary amides is 1. The first-order valence-corrected chi connectivity index (χ1v) is 10.5. The summed E-state index contributed by atoms with van der Waals surface area (Å²) in [5, 5.41) is 16.6. The Labute approximate surface area is 192 Å². The SMILES string of the molecule is CC(NC(=O)C(NC(=O)C(N)CCC(N)=O)C(C)C)C(=O)NC(CCCN=C(N)N)C(=O)O. The van der Waals surface area contributed by atoms with Crippen molar-refractivity contribution < 1.29 is 29.1 Å². The highest BCUT2D eigenvalue weighted by Gasteiger charge is 2.30. The topological polar surface area (TPSA) is 258 Å². The molecule has 0 aromatic rings. The van der Waals surface area contributed by atoms with E-state index < -0.39 is 53.8 Å². The fraction of sp³-hybridized carbons (Fsp3) is 0.684. The van der Waals surface area contributed by atoms with Crippen LogP contribution in [-0.2, 0) is 24.0 Å². The Morgan fingerprint density at radius 1 is 0.879 bits per heavy atom. The molecule has 0 heterocycles. The maximum absolute atomic E-state index is 12.6. The summed E-state index contributed by atoms with van der Waals surface area (Å²) in [6, 6.07) is -4.33. The number of nitrogens with zero attached hydrogens (tertiary/aromatic N) is 1. The van der Waals surface area contributed by atoms with Crippen molar-refractivity contribution in [3.05, 3.63) is 0 Å². The lowest BCUT2D eigenvalue weighted by molar-refractivity contribution is -0.142. The third-order valence-electron chi connectivity index (χ3n) is 4.60. The van der Waals surface area contributed by atoms with Gasteiger partial charge in [-0.3, -0.25) is 24.2 Å². The van der Waals surface area contributed by atoms with Crippen LogP contribution in [0.5, 0.6) is 0 Å². The lowest BCUT2D eigenvalue weighted by Gasteiger charge is -2.25. The van der Waals surface area contributed by atoms with Crippen molar-refractivity contribution in [2.24, 2.45) is 33.8 Å². The van der Waals surface area contributed by atoms with Crippen LogP contribution in [0.4, 0.5) is 0 Å². The molecule has 0 aromatic carbocycles. The Hall–Kier alpha value is -3.42. The number of nitrogens with one attached hydrogen (secondary N) is 3. The summed E-state index contributed by atoms with van der Waals surface area (Å²) in [6.45, 7) is 4.94. The fourth-order valence-electron chi connectivity index (χ4n) is 2.65. The van der Waals surface area contributed by atoms with E-state index in [4.69, 9.17) is 22.9 Å². The number of rotatable bonds is 15. The molecule has 0 aliphatic rings. The van der Waals surface area contributed by atoms with E-state index in [1.807, 2.05) is 0 Å². The van der Waals surface area contributed by atoms with Crippen molar-refractivity contribution in [3.8, 4) is 0 Å². The summed E-state index contributed by atoms with van der Waals surface area (Å²) in [7, 11) is 0. The van der Waals surface area contributed by atoms with E-state index in [1.165, 1.54) is 6.92 Å². The van der Waals surface area contributed by atoms with Crippen molar-refractivity contribution in [3.63, 3.8) is 0 Å². The molecule has 0 bridgehead atoms. The van der Waals surface area contributed by atoms with Crippen LogP contribution in [0.2, 0.25) is 0 Å². The van der Waals surface area contributed by atoms with Crippen LogP contribution >= 0.6 is 0 Å². The van der Waals surface area contributed by atoms with Gasteiger partial charge < -0.3 is 44.0 Å². The van der Waals surface area contributed by atoms with Gasteiger partial charge in [-0.2, -0.15) is 0 Å². The zero-order valence-corrected chi connectivity index (χ0v) is 19.2. The van der Waals surface area contributed by atoms with E-state index in [9.17, 15) is 29.1 Å². The van der Waals surface area contributed by atoms with Gasteiger partial charge in [-0.15, -0.1) is 0 Å². The molecular weight excluding hydrogens is 436 g/mol. The number of hydrogen-bond donors (Lipinski definition) is 8. The van der Waals surface area contributed by atoms with Gasteiger partial charge in [0.1, 0.15) is 18.1 Å². The van der Waals surface area contributed by atoms with Crippen LogP contribution in [0.25, 0.3) is 0 Å². The zero-order valence-electron chi connectivity index (χ0n) is 19.2. The summed E-state index contributed by atoms with van der Waals surface area (Å²) in [5.74, 6) is -4.34. The molecule has 0 saturated carbocycles. The number of carbonyl (C=O) groups is 5. The number of nitrogens with two attached hydrogens (primary N) is 4. The van der Waals surface area contributed by atoms with Gasteiger partial charge in [-0.05, 0) is 32.1 Å². The van der Waals surface area contributed by atoms with Gasteiger partial charge in [-0.1, -0.05) is 13.8 Å². The highest BCUT2D eigenvalue weighted by molar-refractivity contribution is 5.94. The van der Waals surface area contributed by atoms with Crippen LogP contribution < -0.4 is 38.9 Å². The number of carboxylic acid groups (broad SMARTS) is 1. The van der Waals surface area contributed by atoms with Gasteiger partial charge in [-0.25, -0.2) is 4.79 Å². The summed E-state index contributed by atoms with van der Waals surface area (Å²) in [6.07, 6.45) is 0.326. The molecule has 4 amide bonds. The van der Waals surface area contributed by atoms with E-state index in [-0.39, 0.29) is 37.7 Å². The van der Waals surface area contributed by atoms with Gasteiger partial charge in [0.25, 0.3) is 0 Å². The van der Waals surface area contributed by atoms with Crippen LogP contribution in [0.3, 0.4) is 0 Å². The number of aliphatic imine (C=N–C) groups is 1. The standard InChI is InChI=1S/C19H36N8O6/c1-9(2)14(27-16(30)11(20)6-7-13(21)28)17(31)25-10(3)15(29)26-12(18(32)33)5-4-8-24-19(22)23/h9-12,14H,4-8,20H2,1-3H3,(H2,21,28)(H,25,31)(H,26,29)(H,27,30)(H,32,33)(H4,22,23,24). The summed E-state index contributed by atoms with van der Waals surface area (Å²) in [4.78, 5) is 63.3. The number of carbonyl (C=O) groups excluding carboxylic acids is 4. The highest BCUT2D eigenvalue weighted by Crippen LogP contribution is 2.05. The molecule has 33 heavy (non-hydrogen) atoms. The lowest BCUT2D eigenvalue weighted by atomic mass is 10.0. The molecule has 0 spiro atoms. The first-order chi connectivity index (χ1) is 15.3. The van der Waals surface area contributed by atoms with Gasteiger partial charge in [0.2, 0.25) is 23.6 Å². The third-order valence-corrected chi connectivity index (χ3v) is 4.60. The van der Waals surface area contributed by atoms with E-state index >= 15 is 0 Å². The second-order valence-electron chi connectivity index (χ2n) is 7.92. The summed E-state index contributed by atoms with van der Waals surface area (Å²) < 4.78 is 0. The van der Waals surface area contributed by atoms with Gasteiger partial charge in [0.05, 0.1) is 6.04 Å². The number of carboxylic acids is 1. The van der Waals surface area contributed by atoms with Crippen LogP contribution in [0.1, 0.15) is 46.5 Å². The number of guanidine groups is 1. The Morgan fingerprint density at radius 3 is 1.97 bits per heavy atom. The van der Waals surface area contributed by atoms with E-state index in [2.05, 4.69) is 20.9 Å². The molecule has 12 N–H and O–H groups in total. The lowest BCUT2D eigenvalue weighted by Crippen LogP contribution is -2.57. The summed E-state index contributed by atoms with van der Waals surface area (Å²) in [5.41, 5.74) is 21.2. The van der Waals surface area contributed by atoms with E-state index in [1.54, 1.807) is 13.8 Å². The van der Waals surface area contributed by atoms with Crippen molar-refractivity contribution in [2.45, 2.75) is 70.6 Å². The minimum absolute atomic E-state index is 0.0200. The monoisotopic (exact) mass is 472 g/mol. The van der Waals surface area contributed by atoms with Crippen LogP contribution in [0.15, 0.2) is 4.99 Å². The molecule has 14 heteroatoms. The first kappa shape index (κ1) is 29.6. The quantitative estimate of drug-likeness (QED) is 0.0678. The third kappa shape index (κ3) is 12.3. The first-order valence-electron chi connectivity index (χ1n) is 10.5. The number of aliphatic carboxylic acids is 1. The van der Waals surface area contributed by atoms with Crippen molar-refractivity contribution in [1.29, 1.82) is 0 Å². The molecular formula is C19H36N8O6. The fourth-order valence-corrected chi connectivity index (χ4v) is 2.65. The van der Waals surface area contributed by atoms with Crippen molar-refractivity contribution >= 4 is 35.6 Å². The molecule has 14 nitrogen and oxygen atoms in total. The maximum Gasteiger partial charge on any atom is 0.326 e. The smallest absolute Gasteiger partial charge is 0.326 e. The minimum Gasteiger partial charge on any atom is -0.480 e. The van der Waals surface area contributed by atoms with Crippen LogP contribution in [-0.4, -0.2) is 71.4 Å². The molecule has 4 unspecified atom stereocenters. The largest absolute Gasteiger partial charge is 0.480 e. The molecule has 0 aliphatic carbocycles. The minimum atomic E-state index is -1.25. The number of hydrogen-bond acceptors (Lipinski definition) is 7. The number of amides is 4. The highest BCUT2D eigenvalue weighted by atomic mass is 16.4. The van der Waals surface area contributed by atoms with E-state index in [0.717, 1.165) is 0 Å². The predicted octanol–water partition coefficient (Wildman–Crippen LogP) is -3.15. The molecule has 4 atom stereocenters. The Kier molecular flexibility index (Phi) is 13.1. The predicted molar refractivity (Wildman–Crippen MR) is 120 cm³/mol. The normalized spacial score (nSPS) is 14.3. The van der Waals surface area contributed by atoms with Crippen LogP contribution in [0, 0.1) is 5.92 Å². The molecule has 0 saturated heterocycles. The average Bonchev–Trinajstić information content (AvgIpc) is 2.70. The van der Waals surface area contributed by atoms with Gasteiger partial charge >= 0.3 is 5.97 Å². The van der Waals surface area contributed by atoms with Crippen molar-refractivity contribution in [1.82, 2.24) is 16.0 Å². The van der Waals surface area contributed by atoms with Crippen molar-refractivity contribution in [2.75, 3.05) is 6.54 Å². The Balaban J connectivity index is 4.93. The van der Waals surface area contributed by atoms with Gasteiger partial charge in [0, 0.05) is 13.0 Å². The maximum atomic E-state index is 12.6. The average molecular weight is 473 g/mol. The zero-order chi connectivity index (χ0) is 25.7. The molecule has 188 valence electrons. The Morgan fingerprint density at radius 2 is 1.48 bits per heavy atom. The van der Waals surface area contributed by atoms with E-state index in [0.29, 0.717) is 6.42 Å². The second kappa shape index (κ2) is 14.6.